The van der Waals surface area contributed by atoms with Crippen LogP contribution in [-0.2, 0) is 11.3 Å². The van der Waals surface area contributed by atoms with E-state index < -0.39 is 0 Å². The number of ether oxygens (including phenoxy) is 2. The number of hydrogen-bond donors (Lipinski definition) is 0. The van der Waals surface area contributed by atoms with E-state index in [0.29, 0.717) is 19.8 Å². The number of rotatable bonds is 6. The zero-order valence-electron chi connectivity index (χ0n) is 9.27. The Morgan fingerprint density at radius 2 is 1.82 bits per heavy atom. The molecule has 0 aliphatic carbocycles. The number of halogens is 1. The molecule has 0 atom stereocenters. The van der Waals surface area contributed by atoms with E-state index in [1.807, 2.05) is 36.4 Å². The van der Waals surface area contributed by atoms with Gasteiger partial charge >= 0.3 is 0 Å². The number of hydrogen-bond acceptors (Lipinski definition) is 3. The molecule has 2 nitrogen and oxygen atoms in total. The number of benzene rings is 1. The highest BCUT2D eigenvalue weighted by atomic mass is 79.9. The first-order valence-corrected chi connectivity index (χ1v) is 6.95. The quantitative estimate of drug-likeness (QED) is 0.747. The lowest BCUT2D eigenvalue weighted by atomic mass is 10.3. The first-order chi connectivity index (χ1) is 8.34. The van der Waals surface area contributed by atoms with Crippen molar-refractivity contribution in [3.63, 3.8) is 0 Å². The van der Waals surface area contributed by atoms with Crippen LogP contribution >= 0.6 is 27.3 Å². The molecule has 0 saturated carbocycles. The summed E-state index contributed by atoms with van der Waals surface area (Å²) in [7, 11) is 0. The van der Waals surface area contributed by atoms with Crippen LogP contribution in [0.3, 0.4) is 0 Å². The molecule has 0 N–H and O–H groups in total. The fourth-order valence-corrected chi connectivity index (χ4v) is 2.76. The molecule has 0 radical (unpaired) electrons. The molecule has 17 heavy (non-hydrogen) atoms. The van der Waals surface area contributed by atoms with Crippen LogP contribution in [0.5, 0.6) is 5.75 Å². The van der Waals surface area contributed by atoms with Crippen LogP contribution in [0.1, 0.15) is 4.88 Å². The highest BCUT2D eigenvalue weighted by molar-refractivity contribution is 9.11. The lowest BCUT2D eigenvalue weighted by Crippen LogP contribution is -2.06. The van der Waals surface area contributed by atoms with E-state index in [1.165, 1.54) is 4.88 Å². The van der Waals surface area contributed by atoms with Crippen molar-refractivity contribution < 1.29 is 9.47 Å². The van der Waals surface area contributed by atoms with Gasteiger partial charge in [-0.2, -0.15) is 0 Å². The van der Waals surface area contributed by atoms with Gasteiger partial charge in [-0.3, -0.25) is 0 Å². The van der Waals surface area contributed by atoms with Crippen LogP contribution < -0.4 is 4.74 Å². The third-order valence-electron chi connectivity index (χ3n) is 2.11. The van der Waals surface area contributed by atoms with Crippen molar-refractivity contribution in [2.75, 3.05) is 13.2 Å². The Morgan fingerprint density at radius 1 is 1.00 bits per heavy atom. The van der Waals surface area contributed by atoms with Gasteiger partial charge in [-0.1, -0.05) is 18.2 Å². The van der Waals surface area contributed by atoms with Gasteiger partial charge < -0.3 is 9.47 Å². The van der Waals surface area contributed by atoms with Crippen LogP contribution in [0, 0.1) is 0 Å². The summed E-state index contributed by atoms with van der Waals surface area (Å²) >= 11 is 5.12. The van der Waals surface area contributed by atoms with Crippen molar-refractivity contribution in [3.05, 3.63) is 51.1 Å². The second kappa shape index (κ2) is 6.79. The molecule has 0 aliphatic rings. The van der Waals surface area contributed by atoms with Gasteiger partial charge in [-0.15, -0.1) is 11.3 Å². The Morgan fingerprint density at radius 3 is 2.53 bits per heavy atom. The summed E-state index contributed by atoms with van der Waals surface area (Å²) in [5, 5.41) is 0. The maximum atomic E-state index is 5.52. The zero-order chi connectivity index (χ0) is 11.9. The van der Waals surface area contributed by atoms with E-state index in [1.54, 1.807) is 11.3 Å². The van der Waals surface area contributed by atoms with E-state index in [4.69, 9.17) is 9.47 Å². The van der Waals surface area contributed by atoms with Gasteiger partial charge in [0, 0.05) is 4.88 Å². The van der Waals surface area contributed by atoms with Gasteiger partial charge in [0.1, 0.15) is 12.4 Å². The molecule has 4 heteroatoms. The molecule has 2 rings (SSSR count). The highest BCUT2D eigenvalue weighted by Crippen LogP contribution is 2.22. The first kappa shape index (κ1) is 12.6. The first-order valence-electron chi connectivity index (χ1n) is 5.34. The minimum absolute atomic E-state index is 0.580. The summed E-state index contributed by atoms with van der Waals surface area (Å²) in [4.78, 5) is 1.22. The van der Waals surface area contributed by atoms with Crippen molar-refractivity contribution in [2.24, 2.45) is 0 Å². The SMILES string of the molecule is Brc1ccc(COCCOc2ccccc2)s1. The Labute approximate surface area is 113 Å². The smallest absolute Gasteiger partial charge is 0.119 e. The van der Waals surface area contributed by atoms with Crippen molar-refractivity contribution in [1.82, 2.24) is 0 Å². The third-order valence-corrected chi connectivity index (χ3v) is 3.71. The molecule has 1 heterocycles. The Hall–Kier alpha value is -0.840. The zero-order valence-corrected chi connectivity index (χ0v) is 11.7. The van der Waals surface area contributed by atoms with E-state index in [0.717, 1.165) is 9.54 Å². The van der Waals surface area contributed by atoms with Crippen molar-refractivity contribution in [3.8, 4) is 5.75 Å². The molecule has 0 fully saturated rings. The predicted octanol–water partition coefficient (Wildman–Crippen LogP) is 4.11. The minimum Gasteiger partial charge on any atom is -0.491 e. The molecule has 0 bridgehead atoms. The number of para-hydroxylation sites is 1. The third kappa shape index (κ3) is 4.50. The van der Waals surface area contributed by atoms with Gasteiger partial charge in [0.2, 0.25) is 0 Å². The molecular weight excluding hydrogens is 300 g/mol. The van der Waals surface area contributed by atoms with Gasteiger partial charge in [-0.05, 0) is 40.2 Å². The molecule has 1 aromatic heterocycles. The lowest BCUT2D eigenvalue weighted by Gasteiger charge is -2.06. The summed E-state index contributed by atoms with van der Waals surface area (Å²) in [5.74, 6) is 0.884. The van der Waals surface area contributed by atoms with Gasteiger partial charge in [0.25, 0.3) is 0 Å². The minimum atomic E-state index is 0.580. The van der Waals surface area contributed by atoms with Crippen molar-refractivity contribution in [1.29, 1.82) is 0 Å². The summed E-state index contributed by atoms with van der Waals surface area (Å²) in [6.07, 6.45) is 0. The average Bonchev–Trinajstić information content (AvgIpc) is 2.76. The second-order valence-electron chi connectivity index (χ2n) is 3.42. The molecule has 0 spiro atoms. The standard InChI is InChI=1S/C13H13BrO2S/c14-13-7-6-12(17-13)10-15-8-9-16-11-4-2-1-3-5-11/h1-7H,8-10H2. The van der Waals surface area contributed by atoms with Gasteiger partial charge in [0.15, 0.2) is 0 Å². The Balaban J connectivity index is 1.61. The molecule has 0 aliphatic heterocycles. The molecule has 0 amide bonds. The molecule has 1 aromatic carbocycles. The van der Waals surface area contributed by atoms with Crippen LogP contribution in [0.4, 0.5) is 0 Å². The van der Waals surface area contributed by atoms with Gasteiger partial charge in [0.05, 0.1) is 17.0 Å². The second-order valence-corrected chi connectivity index (χ2v) is 5.97. The lowest BCUT2D eigenvalue weighted by molar-refractivity contribution is 0.0905. The van der Waals surface area contributed by atoms with Crippen molar-refractivity contribution >= 4 is 27.3 Å². The van der Waals surface area contributed by atoms with E-state index >= 15 is 0 Å². The van der Waals surface area contributed by atoms with Crippen molar-refractivity contribution in [2.45, 2.75) is 6.61 Å². The maximum absolute atomic E-state index is 5.52. The normalized spacial score (nSPS) is 10.4. The van der Waals surface area contributed by atoms with Crippen LogP contribution in [0.2, 0.25) is 0 Å². The summed E-state index contributed by atoms with van der Waals surface area (Å²) in [6.45, 7) is 1.83. The highest BCUT2D eigenvalue weighted by Gasteiger charge is 1.97. The largest absolute Gasteiger partial charge is 0.491 e. The number of thiophene rings is 1. The molecular formula is C13H13BrO2S. The Bertz CT molecular complexity index is 442. The fourth-order valence-electron chi connectivity index (χ4n) is 1.34. The maximum Gasteiger partial charge on any atom is 0.119 e. The topological polar surface area (TPSA) is 18.5 Å². The monoisotopic (exact) mass is 312 g/mol. The average molecular weight is 313 g/mol. The Kier molecular flexibility index (Phi) is 5.04. The summed E-state index contributed by atoms with van der Waals surface area (Å²) in [5.41, 5.74) is 0. The summed E-state index contributed by atoms with van der Waals surface area (Å²) < 4.78 is 12.2. The van der Waals surface area contributed by atoms with Crippen LogP contribution in [-0.4, -0.2) is 13.2 Å². The van der Waals surface area contributed by atoms with E-state index in [9.17, 15) is 0 Å². The molecule has 0 saturated heterocycles. The van der Waals surface area contributed by atoms with Crippen LogP contribution in [0.15, 0.2) is 46.3 Å². The van der Waals surface area contributed by atoms with E-state index in [2.05, 4.69) is 22.0 Å². The molecule has 90 valence electrons. The van der Waals surface area contributed by atoms with Gasteiger partial charge in [-0.25, -0.2) is 0 Å². The van der Waals surface area contributed by atoms with Crippen LogP contribution in [0.25, 0.3) is 0 Å². The fraction of sp³-hybridized carbons (Fsp3) is 0.231. The summed E-state index contributed by atoms with van der Waals surface area (Å²) in [6, 6.07) is 13.9. The molecule has 2 aromatic rings. The van der Waals surface area contributed by atoms with E-state index in [-0.39, 0.29) is 0 Å². The molecule has 0 unspecified atom stereocenters. The predicted molar refractivity (Wildman–Crippen MR) is 73.6 cm³/mol.